The minimum atomic E-state index is -0.332. The average Bonchev–Trinajstić information content (AvgIpc) is 2.60. The molecule has 2 aromatic carbocycles. The molecule has 25 heavy (non-hydrogen) atoms. The molecule has 136 valence electrons. The number of amides is 1. The summed E-state index contributed by atoms with van der Waals surface area (Å²) >= 11 is 3.47. The van der Waals surface area contributed by atoms with Crippen LogP contribution in [-0.2, 0) is 4.79 Å². The normalized spacial score (nSPS) is 14.0. The van der Waals surface area contributed by atoms with Crippen molar-refractivity contribution in [2.45, 2.75) is 25.9 Å². The highest BCUT2D eigenvalue weighted by Gasteiger charge is 2.23. The van der Waals surface area contributed by atoms with Crippen molar-refractivity contribution in [2.75, 3.05) is 7.11 Å². The van der Waals surface area contributed by atoms with E-state index in [1.54, 1.807) is 7.11 Å². The highest BCUT2D eigenvalue weighted by Crippen LogP contribution is 2.28. The summed E-state index contributed by atoms with van der Waals surface area (Å²) in [5.74, 6) is 0.374. The van der Waals surface area contributed by atoms with Gasteiger partial charge in [0.15, 0.2) is 0 Å². The summed E-state index contributed by atoms with van der Waals surface area (Å²) in [5.41, 5.74) is 8.19. The van der Waals surface area contributed by atoms with Gasteiger partial charge in [0, 0.05) is 6.04 Å². The molecule has 0 fully saturated rings. The molecule has 6 heteroatoms. The van der Waals surface area contributed by atoms with E-state index in [0.29, 0.717) is 0 Å². The summed E-state index contributed by atoms with van der Waals surface area (Å²) < 4.78 is 6.09. The lowest BCUT2D eigenvalue weighted by molar-refractivity contribution is -0.125. The number of ether oxygens (including phenoxy) is 1. The topological polar surface area (TPSA) is 64.3 Å². The van der Waals surface area contributed by atoms with Crippen LogP contribution in [0.1, 0.15) is 37.1 Å². The largest absolute Gasteiger partial charge is 0.496 e. The molecule has 3 atom stereocenters. The molecule has 0 saturated heterocycles. The zero-order valence-electron chi connectivity index (χ0n) is 14.5. The van der Waals surface area contributed by atoms with Gasteiger partial charge in [-0.15, -0.1) is 12.4 Å². The predicted octanol–water partition coefficient (Wildman–Crippen LogP) is 4.39. The Bertz CT molecular complexity index is 697. The van der Waals surface area contributed by atoms with E-state index in [1.165, 1.54) is 0 Å². The fourth-order valence-electron chi connectivity index (χ4n) is 2.51. The van der Waals surface area contributed by atoms with E-state index in [4.69, 9.17) is 10.5 Å². The van der Waals surface area contributed by atoms with Gasteiger partial charge in [-0.1, -0.05) is 43.3 Å². The van der Waals surface area contributed by atoms with Crippen LogP contribution < -0.4 is 15.8 Å². The number of hydrogen-bond acceptors (Lipinski definition) is 3. The number of nitrogens with two attached hydrogens (primary N) is 1. The molecule has 0 aliphatic heterocycles. The van der Waals surface area contributed by atoms with Crippen molar-refractivity contribution >= 4 is 34.2 Å². The summed E-state index contributed by atoms with van der Waals surface area (Å²) in [5, 5.41) is 3.03. The predicted molar refractivity (Wildman–Crippen MR) is 107 cm³/mol. The molecule has 0 aliphatic rings. The number of nitrogens with one attached hydrogen (secondary N) is 1. The molecule has 4 nitrogen and oxygen atoms in total. The van der Waals surface area contributed by atoms with E-state index in [1.807, 2.05) is 62.4 Å². The first-order chi connectivity index (χ1) is 11.4. The van der Waals surface area contributed by atoms with Crippen molar-refractivity contribution in [3.8, 4) is 5.75 Å². The van der Waals surface area contributed by atoms with Crippen molar-refractivity contribution in [1.82, 2.24) is 5.32 Å². The second-order valence-electron chi connectivity index (χ2n) is 5.85. The number of rotatable bonds is 6. The first-order valence-electron chi connectivity index (χ1n) is 7.88. The molecule has 0 spiro atoms. The van der Waals surface area contributed by atoms with E-state index in [0.717, 1.165) is 21.3 Å². The van der Waals surface area contributed by atoms with Crippen molar-refractivity contribution in [2.24, 2.45) is 11.7 Å². The van der Waals surface area contributed by atoms with Crippen molar-refractivity contribution < 1.29 is 9.53 Å². The van der Waals surface area contributed by atoms with Gasteiger partial charge in [0.05, 0.1) is 23.5 Å². The zero-order chi connectivity index (χ0) is 17.7. The summed E-state index contributed by atoms with van der Waals surface area (Å²) in [6, 6.07) is 15.0. The molecular formula is C19H24BrClN2O2. The molecule has 2 rings (SSSR count). The first-order valence-corrected chi connectivity index (χ1v) is 8.67. The number of carbonyl (C=O) groups excluding carboxylic acids is 1. The summed E-state index contributed by atoms with van der Waals surface area (Å²) in [4.78, 5) is 12.5. The van der Waals surface area contributed by atoms with Gasteiger partial charge in [0.2, 0.25) is 5.91 Å². The van der Waals surface area contributed by atoms with Gasteiger partial charge in [-0.05, 0) is 46.1 Å². The molecule has 0 aromatic heterocycles. The Hall–Kier alpha value is -1.56. The van der Waals surface area contributed by atoms with Crippen molar-refractivity contribution in [3.05, 3.63) is 64.1 Å². The van der Waals surface area contributed by atoms with Crippen molar-refractivity contribution in [1.29, 1.82) is 0 Å². The Kier molecular flexibility index (Phi) is 8.42. The maximum Gasteiger partial charge on any atom is 0.225 e. The van der Waals surface area contributed by atoms with Gasteiger partial charge >= 0.3 is 0 Å². The lowest BCUT2D eigenvalue weighted by Crippen LogP contribution is -2.36. The summed E-state index contributed by atoms with van der Waals surface area (Å²) in [6.45, 7) is 3.80. The fraction of sp³-hybridized carbons (Fsp3) is 0.316. The maximum atomic E-state index is 12.5. The highest BCUT2D eigenvalue weighted by molar-refractivity contribution is 9.10. The third-order valence-corrected chi connectivity index (χ3v) is 4.79. The van der Waals surface area contributed by atoms with Crippen LogP contribution in [0.15, 0.2) is 53.0 Å². The average molecular weight is 428 g/mol. The molecule has 0 heterocycles. The van der Waals surface area contributed by atoms with E-state index in [9.17, 15) is 4.79 Å². The van der Waals surface area contributed by atoms with Crippen LogP contribution in [0.25, 0.3) is 0 Å². The third kappa shape index (κ3) is 5.46. The minimum Gasteiger partial charge on any atom is -0.496 e. The molecule has 1 amide bonds. The Morgan fingerprint density at radius 3 is 2.32 bits per heavy atom. The molecule has 0 bridgehead atoms. The molecule has 0 radical (unpaired) electrons. The first kappa shape index (κ1) is 21.5. The zero-order valence-corrected chi connectivity index (χ0v) is 16.9. The van der Waals surface area contributed by atoms with Crippen LogP contribution in [0.2, 0.25) is 0 Å². The Morgan fingerprint density at radius 1 is 1.12 bits per heavy atom. The van der Waals surface area contributed by atoms with Crippen LogP contribution in [0, 0.1) is 5.92 Å². The number of halogens is 2. The smallest absolute Gasteiger partial charge is 0.225 e. The second kappa shape index (κ2) is 9.80. The van der Waals surface area contributed by atoms with E-state index < -0.39 is 0 Å². The van der Waals surface area contributed by atoms with Crippen molar-refractivity contribution in [3.63, 3.8) is 0 Å². The second-order valence-corrected chi connectivity index (χ2v) is 6.70. The quantitative estimate of drug-likeness (QED) is 0.718. The fourth-order valence-corrected chi connectivity index (χ4v) is 3.07. The van der Waals surface area contributed by atoms with Gasteiger partial charge in [-0.3, -0.25) is 4.79 Å². The van der Waals surface area contributed by atoms with Crippen LogP contribution in [0.5, 0.6) is 5.75 Å². The van der Waals surface area contributed by atoms with Crippen LogP contribution >= 0.6 is 28.3 Å². The molecule has 3 N–H and O–H groups in total. The van der Waals surface area contributed by atoms with Gasteiger partial charge in [0.25, 0.3) is 0 Å². The van der Waals surface area contributed by atoms with Gasteiger partial charge in [-0.2, -0.15) is 0 Å². The van der Waals surface area contributed by atoms with E-state index >= 15 is 0 Å². The molecule has 0 saturated carbocycles. The van der Waals surface area contributed by atoms with E-state index in [2.05, 4.69) is 21.2 Å². The van der Waals surface area contributed by atoms with Crippen LogP contribution in [-0.4, -0.2) is 13.0 Å². The Labute approximate surface area is 163 Å². The highest BCUT2D eigenvalue weighted by atomic mass is 79.9. The van der Waals surface area contributed by atoms with Gasteiger partial charge in [-0.25, -0.2) is 0 Å². The van der Waals surface area contributed by atoms with Crippen LogP contribution in [0.3, 0.4) is 0 Å². The van der Waals surface area contributed by atoms with Gasteiger partial charge in [0.1, 0.15) is 5.75 Å². The number of benzene rings is 2. The summed E-state index contributed by atoms with van der Waals surface area (Å²) in [6.07, 6.45) is 0. The third-order valence-electron chi connectivity index (χ3n) is 4.17. The lowest BCUT2D eigenvalue weighted by atomic mass is 9.94. The number of hydrogen-bond donors (Lipinski definition) is 2. The Morgan fingerprint density at radius 2 is 1.76 bits per heavy atom. The maximum absolute atomic E-state index is 12.5. The van der Waals surface area contributed by atoms with Crippen LogP contribution in [0.4, 0.5) is 0 Å². The molecule has 0 aliphatic carbocycles. The SMILES string of the molecule is COc1ccc(C(C)NC(=O)C(C)C(N)c2ccccc2)cc1Br.Cl. The standard InChI is InChI=1S/C19H23BrN2O2.ClH/c1-12(18(21)14-7-5-4-6-8-14)19(23)22-13(2)15-9-10-17(24-3)16(20)11-15;/h4-13,18H,21H2,1-3H3,(H,22,23);1H. The minimum absolute atomic E-state index is 0. The summed E-state index contributed by atoms with van der Waals surface area (Å²) in [7, 11) is 1.62. The monoisotopic (exact) mass is 426 g/mol. The van der Waals surface area contributed by atoms with Gasteiger partial charge < -0.3 is 15.8 Å². The number of methoxy groups -OCH3 is 1. The molecule has 3 unspecified atom stereocenters. The lowest BCUT2D eigenvalue weighted by Gasteiger charge is -2.23. The number of carbonyl (C=O) groups is 1. The molecular weight excluding hydrogens is 404 g/mol. The van der Waals surface area contributed by atoms with E-state index in [-0.39, 0.29) is 36.3 Å². The Balaban J connectivity index is 0.00000312. The molecule has 2 aromatic rings.